The minimum absolute atomic E-state index is 0.172. The molecule has 2 aromatic carbocycles. The summed E-state index contributed by atoms with van der Waals surface area (Å²) >= 11 is 0. The average molecular weight is 555 g/mol. The van der Waals surface area contributed by atoms with Gasteiger partial charge in [-0.3, -0.25) is 14.3 Å². The molecule has 0 radical (unpaired) electrons. The molecule has 3 aromatic heterocycles. The Kier molecular flexibility index (Phi) is 6.40. The van der Waals surface area contributed by atoms with Crippen molar-refractivity contribution in [2.75, 3.05) is 24.5 Å². The van der Waals surface area contributed by atoms with Gasteiger partial charge in [0.2, 0.25) is 0 Å². The number of benzene rings is 2. The summed E-state index contributed by atoms with van der Waals surface area (Å²) in [7, 11) is 0. The van der Waals surface area contributed by atoms with Crippen molar-refractivity contribution in [1.82, 2.24) is 34.0 Å². The van der Waals surface area contributed by atoms with E-state index in [1.54, 1.807) is 23.0 Å². The van der Waals surface area contributed by atoms with Crippen molar-refractivity contribution in [2.45, 2.75) is 44.5 Å². The monoisotopic (exact) mass is 554 g/mol. The van der Waals surface area contributed by atoms with Crippen molar-refractivity contribution < 1.29 is 9.50 Å². The number of anilines is 2. The minimum Gasteiger partial charge on any atom is -0.388 e. The highest BCUT2D eigenvalue weighted by Gasteiger charge is 2.33. The average Bonchev–Trinajstić information content (AvgIpc) is 3.65. The summed E-state index contributed by atoms with van der Waals surface area (Å²) < 4.78 is 18.4. The number of fused-ring (bicyclic) bond motifs is 2. The van der Waals surface area contributed by atoms with Gasteiger partial charge < -0.3 is 10.0 Å². The second-order valence-corrected chi connectivity index (χ2v) is 11.0. The molecule has 0 saturated carbocycles. The number of hydrogen-bond donors (Lipinski definition) is 1. The van der Waals surface area contributed by atoms with Crippen molar-refractivity contribution in [1.29, 1.82) is 0 Å². The van der Waals surface area contributed by atoms with E-state index >= 15 is 0 Å². The van der Waals surface area contributed by atoms with Crippen LogP contribution in [0.25, 0.3) is 16.7 Å². The zero-order chi connectivity index (χ0) is 28.0. The van der Waals surface area contributed by atoms with Crippen LogP contribution in [0, 0.1) is 5.82 Å². The van der Waals surface area contributed by atoms with Crippen LogP contribution in [0.2, 0.25) is 0 Å². The van der Waals surface area contributed by atoms with E-state index in [2.05, 4.69) is 25.0 Å². The topological polar surface area (TPSA) is 97.2 Å². The lowest BCUT2D eigenvalue weighted by atomic mass is 9.91. The molecule has 0 spiro atoms. The molecule has 5 heterocycles. The first-order valence-electron chi connectivity index (χ1n) is 14.0. The van der Waals surface area contributed by atoms with Crippen molar-refractivity contribution >= 4 is 22.5 Å². The van der Waals surface area contributed by atoms with Crippen LogP contribution in [0.3, 0.4) is 0 Å². The summed E-state index contributed by atoms with van der Waals surface area (Å²) in [5, 5.41) is 20.6. The van der Waals surface area contributed by atoms with Crippen molar-refractivity contribution in [3.05, 3.63) is 95.1 Å². The third-order valence-corrected chi connectivity index (χ3v) is 8.25. The molecule has 1 fully saturated rings. The molecule has 0 amide bonds. The number of hydrogen-bond acceptors (Lipinski definition) is 7. The second kappa shape index (κ2) is 10.2. The van der Waals surface area contributed by atoms with Crippen LogP contribution in [0.4, 0.5) is 15.9 Å². The molecule has 7 rings (SSSR count). The highest BCUT2D eigenvalue weighted by molar-refractivity contribution is 5.75. The van der Waals surface area contributed by atoms with Gasteiger partial charge in [-0.1, -0.05) is 12.1 Å². The zero-order valence-electron chi connectivity index (χ0n) is 22.6. The fraction of sp³-hybridized carbons (Fsp3) is 0.333. The van der Waals surface area contributed by atoms with Crippen LogP contribution in [-0.4, -0.2) is 64.4 Å². The summed E-state index contributed by atoms with van der Waals surface area (Å²) in [5.74, 6) is 0.833. The number of piperidine rings is 1. The molecular formula is C30H31FN8O2. The molecule has 5 aromatic rings. The predicted octanol–water partition coefficient (Wildman–Crippen LogP) is 3.49. The summed E-state index contributed by atoms with van der Waals surface area (Å²) in [4.78, 5) is 22.4. The Morgan fingerprint density at radius 1 is 0.902 bits per heavy atom. The number of likely N-dealkylation sites (tertiary alicyclic amines) is 1. The number of nitrogens with zero attached hydrogens (tertiary/aromatic N) is 8. The van der Waals surface area contributed by atoms with Crippen LogP contribution in [0.1, 0.15) is 24.8 Å². The molecule has 0 atom stereocenters. The number of aromatic nitrogens is 6. The SMILES string of the molecule is O=c1c2cnn(-c3ccc(N4CCCn5nccc54)cc3)c2ncn1CC1(O)CCN(Cc2ccc(F)cc2)CC1. The van der Waals surface area contributed by atoms with E-state index in [-0.39, 0.29) is 17.9 Å². The van der Waals surface area contributed by atoms with Gasteiger partial charge in [-0.05, 0) is 61.2 Å². The molecule has 1 N–H and O–H groups in total. The molecule has 0 bridgehead atoms. The van der Waals surface area contributed by atoms with E-state index in [1.165, 1.54) is 23.0 Å². The first kappa shape index (κ1) is 25.6. The predicted molar refractivity (Wildman–Crippen MR) is 153 cm³/mol. The summed E-state index contributed by atoms with van der Waals surface area (Å²) in [5.41, 5.74) is 2.17. The fourth-order valence-electron chi connectivity index (χ4n) is 5.96. The number of halogens is 1. The van der Waals surface area contributed by atoms with Crippen LogP contribution >= 0.6 is 0 Å². The van der Waals surface area contributed by atoms with Gasteiger partial charge in [-0.25, -0.2) is 18.7 Å². The van der Waals surface area contributed by atoms with E-state index in [0.29, 0.717) is 43.5 Å². The Morgan fingerprint density at radius 3 is 2.44 bits per heavy atom. The highest BCUT2D eigenvalue weighted by Crippen LogP contribution is 2.30. The molecule has 11 heteroatoms. The molecule has 41 heavy (non-hydrogen) atoms. The summed E-state index contributed by atoms with van der Waals surface area (Å²) in [6, 6.07) is 16.6. The van der Waals surface area contributed by atoms with E-state index in [1.807, 2.05) is 41.2 Å². The van der Waals surface area contributed by atoms with Gasteiger partial charge in [0.05, 0.1) is 30.2 Å². The van der Waals surface area contributed by atoms with E-state index in [0.717, 1.165) is 42.3 Å². The normalized spacial score (nSPS) is 17.2. The van der Waals surface area contributed by atoms with Crippen molar-refractivity contribution in [3.8, 4) is 5.69 Å². The molecule has 0 unspecified atom stereocenters. The Morgan fingerprint density at radius 2 is 1.66 bits per heavy atom. The number of rotatable bonds is 6. The lowest BCUT2D eigenvalue weighted by Crippen LogP contribution is -2.47. The Hall–Kier alpha value is -4.35. The van der Waals surface area contributed by atoms with E-state index < -0.39 is 5.60 Å². The van der Waals surface area contributed by atoms with Crippen LogP contribution < -0.4 is 10.5 Å². The highest BCUT2D eigenvalue weighted by atomic mass is 19.1. The standard InChI is InChI=1S/C30H31FN8O2/c31-23-4-2-22(3-5-23)19-35-16-11-30(41,12-17-35)20-36-21-32-28-26(29(36)40)18-34-39(28)25-8-6-24(7-9-25)37-14-1-15-38-27(37)10-13-33-38/h2-10,13,18,21,41H,1,11-12,14-17,19-20H2. The lowest BCUT2D eigenvalue weighted by Gasteiger charge is -2.38. The summed E-state index contributed by atoms with van der Waals surface area (Å²) in [6.07, 6.45) is 6.97. The maximum absolute atomic E-state index is 13.4. The third kappa shape index (κ3) is 4.91. The molecule has 2 aliphatic heterocycles. The smallest absolute Gasteiger partial charge is 0.264 e. The molecular weight excluding hydrogens is 523 g/mol. The largest absolute Gasteiger partial charge is 0.388 e. The zero-order valence-corrected chi connectivity index (χ0v) is 22.6. The third-order valence-electron chi connectivity index (χ3n) is 8.25. The Labute approximate surface area is 235 Å². The minimum atomic E-state index is -1.01. The first-order chi connectivity index (χ1) is 20.0. The van der Waals surface area contributed by atoms with Gasteiger partial charge in [-0.15, -0.1) is 0 Å². The maximum Gasteiger partial charge on any atom is 0.264 e. The van der Waals surface area contributed by atoms with Gasteiger partial charge in [0.25, 0.3) is 5.56 Å². The van der Waals surface area contributed by atoms with Gasteiger partial charge >= 0.3 is 0 Å². The van der Waals surface area contributed by atoms with E-state index in [9.17, 15) is 14.3 Å². The lowest BCUT2D eigenvalue weighted by molar-refractivity contribution is -0.0364. The van der Waals surface area contributed by atoms with Gasteiger partial charge in [-0.2, -0.15) is 10.2 Å². The number of aliphatic hydroxyl groups is 1. The van der Waals surface area contributed by atoms with Crippen molar-refractivity contribution in [2.24, 2.45) is 0 Å². The van der Waals surface area contributed by atoms with E-state index in [4.69, 9.17) is 0 Å². The molecule has 0 aliphatic carbocycles. The van der Waals surface area contributed by atoms with Crippen molar-refractivity contribution in [3.63, 3.8) is 0 Å². The Bertz CT molecular complexity index is 1730. The molecule has 1 saturated heterocycles. The second-order valence-electron chi connectivity index (χ2n) is 11.0. The van der Waals surface area contributed by atoms with Gasteiger partial charge in [0.1, 0.15) is 23.3 Å². The quantitative estimate of drug-likeness (QED) is 0.343. The van der Waals surface area contributed by atoms with Crippen LogP contribution in [0.15, 0.2) is 78.1 Å². The van der Waals surface area contributed by atoms with Crippen LogP contribution in [-0.2, 0) is 19.6 Å². The molecule has 10 nitrogen and oxygen atoms in total. The van der Waals surface area contributed by atoms with Gasteiger partial charge in [0.15, 0.2) is 5.65 Å². The number of aryl methyl sites for hydroxylation is 1. The van der Waals surface area contributed by atoms with Gasteiger partial charge in [0, 0.05) is 44.5 Å². The molecule has 2 aliphatic rings. The first-order valence-corrected chi connectivity index (χ1v) is 14.0. The maximum atomic E-state index is 13.4. The summed E-state index contributed by atoms with van der Waals surface area (Å²) in [6.45, 7) is 4.10. The Balaban J connectivity index is 1.05. The fourth-order valence-corrected chi connectivity index (χ4v) is 5.96. The molecule has 210 valence electrons. The van der Waals surface area contributed by atoms with Crippen LogP contribution in [0.5, 0.6) is 0 Å².